The molecule has 2 rings (SSSR count). The molecule has 82 valence electrons. The summed E-state index contributed by atoms with van der Waals surface area (Å²) < 4.78 is 0. The number of benzene rings is 1. The number of nitrogens with one attached hydrogen (secondary N) is 1. The molecule has 3 heteroatoms. The minimum atomic E-state index is -0.00962. The van der Waals surface area contributed by atoms with Crippen molar-refractivity contribution in [3.63, 3.8) is 0 Å². The maximum atomic E-state index is 5.52. The summed E-state index contributed by atoms with van der Waals surface area (Å²) in [5.74, 6) is 5.52. The van der Waals surface area contributed by atoms with Gasteiger partial charge in [-0.05, 0) is 30.7 Å². The molecule has 1 aromatic heterocycles. The molecule has 1 aromatic carbocycles. The number of hydrogen-bond donors (Lipinski definition) is 2. The van der Waals surface area contributed by atoms with Gasteiger partial charge in [0.15, 0.2) is 0 Å². The molecule has 0 fully saturated rings. The molecule has 3 nitrogen and oxygen atoms in total. The van der Waals surface area contributed by atoms with Crippen LogP contribution in [0.1, 0.15) is 18.5 Å². The van der Waals surface area contributed by atoms with E-state index in [4.69, 9.17) is 5.84 Å². The fraction of sp³-hybridized carbons (Fsp3) is 0.154. The maximum absolute atomic E-state index is 5.52. The summed E-state index contributed by atoms with van der Waals surface area (Å²) in [6.07, 6.45) is 1.79. The Morgan fingerprint density at radius 3 is 2.94 bits per heavy atom. The maximum Gasteiger partial charge on any atom is 0.0702 e. The van der Waals surface area contributed by atoms with E-state index in [2.05, 4.69) is 23.1 Å². The third kappa shape index (κ3) is 1.96. The van der Waals surface area contributed by atoms with Gasteiger partial charge >= 0.3 is 0 Å². The summed E-state index contributed by atoms with van der Waals surface area (Å²) >= 11 is 0. The van der Waals surface area contributed by atoms with E-state index >= 15 is 0 Å². The van der Waals surface area contributed by atoms with Crippen molar-refractivity contribution in [2.45, 2.75) is 13.0 Å². The van der Waals surface area contributed by atoms with Crippen LogP contribution in [-0.4, -0.2) is 4.98 Å². The molecule has 0 spiro atoms. The van der Waals surface area contributed by atoms with Gasteiger partial charge < -0.3 is 0 Å². The van der Waals surface area contributed by atoms with Crippen LogP contribution in [0, 0.1) is 0 Å². The van der Waals surface area contributed by atoms with Crippen LogP contribution in [0.4, 0.5) is 0 Å². The number of aromatic nitrogens is 1. The van der Waals surface area contributed by atoms with Crippen LogP contribution < -0.4 is 11.3 Å². The van der Waals surface area contributed by atoms with Crippen LogP contribution in [0.25, 0.3) is 10.9 Å². The number of rotatable bonds is 3. The molecular formula is C13H15N3. The lowest BCUT2D eigenvalue weighted by Crippen LogP contribution is -2.28. The van der Waals surface area contributed by atoms with Gasteiger partial charge in [-0.3, -0.25) is 10.8 Å². The minimum absolute atomic E-state index is 0.00962. The second kappa shape index (κ2) is 4.43. The molecule has 0 amide bonds. The SMILES string of the molecule is C=C(C)C(NN)c1ccc2ncccc2c1. The van der Waals surface area contributed by atoms with Gasteiger partial charge in [-0.2, -0.15) is 0 Å². The van der Waals surface area contributed by atoms with Gasteiger partial charge in [0.25, 0.3) is 0 Å². The monoisotopic (exact) mass is 213 g/mol. The fourth-order valence-corrected chi connectivity index (χ4v) is 1.80. The van der Waals surface area contributed by atoms with E-state index in [0.29, 0.717) is 0 Å². The molecule has 0 aliphatic carbocycles. The molecule has 1 atom stereocenters. The Hall–Kier alpha value is -1.71. The van der Waals surface area contributed by atoms with Gasteiger partial charge in [0.05, 0.1) is 11.6 Å². The van der Waals surface area contributed by atoms with E-state index in [0.717, 1.165) is 22.0 Å². The summed E-state index contributed by atoms with van der Waals surface area (Å²) in [4.78, 5) is 4.28. The van der Waals surface area contributed by atoms with Crippen LogP contribution in [0.2, 0.25) is 0 Å². The molecule has 0 radical (unpaired) electrons. The third-order valence-electron chi connectivity index (χ3n) is 2.62. The average molecular weight is 213 g/mol. The van der Waals surface area contributed by atoms with E-state index in [1.165, 1.54) is 0 Å². The number of nitrogens with two attached hydrogens (primary N) is 1. The Morgan fingerprint density at radius 1 is 1.44 bits per heavy atom. The summed E-state index contributed by atoms with van der Waals surface area (Å²) in [7, 11) is 0. The molecule has 0 bridgehead atoms. The van der Waals surface area contributed by atoms with Gasteiger partial charge in [0, 0.05) is 11.6 Å². The first-order chi connectivity index (χ1) is 7.72. The summed E-state index contributed by atoms with van der Waals surface area (Å²) in [6, 6.07) is 10.1. The van der Waals surface area contributed by atoms with Crippen molar-refractivity contribution in [3.05, 3.63) is 54.2 Å². The quantitative estimate of drug-likeness (QED) is 0.467. The number of pyridine rings is 1. The number of hydrazine groups is 1. The summed E-state index contributed by atoms with van der Waals surface area (Å²) in [5.41, 5.74) is 5.85. The largest absolute Gasteiger partial charge is 0.271 e. The topological polar surface area (TPSA) is 50.9 Å². The molecule has 16 heavy (non-hydrogen) atoms. The lowest BCUT2D eigenvalue weighted by molar-refractivity contribution is 0.628. The van der Waals surface area contributed by atoms with E-state index < -0.39 is 0 Å². The van der Waals surface area contributed by atoms with Crippen LogP contribution in [-0.2, 0) is 0 Å². The van der Waals surface area contributed by atoms with Crippen LogP contribution in [0.3, 0.4) is 0 Å². The van der Waals surface area contributed by atoms with Crippen molar-refractivity contribution in [1.82, 2.24) is 10.4 Å². The molecule has 0 saturated heterocycles. The molecule has 0 saturated carbocycles. The highest BCUT2D eigenvalue weighted by molar-refractivity contribution is 5.79. The third-order valence-corrected chi connectivity index (χ3v) is 2.62. The predicted octanol–water partition coefficient (Wildman–Crippen LogP) is 2.32. The average Bonchev–Trinajstić information content (AvgIpc) is 2.29. The Balaban J connectivity index is 2.49. The van der Waals surface area contributed by atoms with Gasteiger partial charge in [0.1, 0.15) is 0 Å². The van der Waals surface area contributed by atoms with Crippen molar-refractivity contribution < 1.29 is 0 Å². The zero-order valence-electron chi connectivity index (χ0n) is 9.27. The van der Waals surface area contributed by atoms with Crippen molar-refractivity contribution in [3.8, 4) is 0 Å². The van der Waals surface area contributed by atoms with E-state index in [1.54, 1.807) is 6.20 Å². The zero-order chi connectivity index (χ0) is 11.5. The Labute approximate surface area is 95.0 Å². The van der Waals surface area contributed by atoms with Crippen LogP contribution in [0.5, 0.6) is 0 Å². The van der Waals surface area contributed by atoms with Gasteiger partial charge in [-0.1, -0.05) is 24.3 Å². The highest BCUT2D eigenvalue weighted by Crippen LogP contribution is 2.22. The highest BCUT2D eigenvalue weighted by atomic mass is 15.2. The molecule has 0 aliphatic heterocycles. The van der Waals surface area contributed by atoms with Gasteiger partial charge in [-0.25, -0.2) is 5.43 Å². The minimum Gasteiger partial charge on any atom is -0.271 e. The molecule has 1 heterocycles. The molecule has 2 aromatic rings. The van der Waals surface area contributed by atoms with E-state index in [-0.39, 0.29) is 6.04 Å². The summed E-state index contributed by atoms with van der Waals surface area (Å²) in [6.45, 7) is 5.88. The second-order valence-corrected chi connectivity index (χ2v) is 3.90. The molecule has 3 N–H and O–H groups in total. The second-order valence-electron chi connectivity index (χ2n) is 3.90. The zero-order valence-corrected chi connectivity index (χ0v) is 9.27. The fourth-order valence-electron chi connectivity index (χ4n) is 1.80. The molecule has 1 unspecified atom stereocenters. The predicted molar refractivity (Wildman–Crippen MR) is 66.6 cm³/mol. The highest BCUT2D eigenvalue weighted by Gasteiger charge is 2.10. The lowest BCUT2D eigenvalue weighted by atomic mass is 10.00. The van der Waals surface area contributed by atoms with Crippen molar-refractivity contribution in [2.24, 2.45) is 5.84 Å². The van der Waals surface area contributed by atoms with Crippen LogP contribution >= 0.6 is 0 Å². The van der Waals surface area contributed by atoms with Crippen molar-refractivity contribution in [1.29, 1.82) is 0 Å². The lowest BCUT2D eigenvalue weighted by Gasteiger charge is -2.16. The van der Waals surface area contributed by atoms with Crippen molar-refractivity contribution >= 4 is 10.9 Å². The van der Waals surface area contributed by atoms with Gasteiger partial charge in [0.2, 0.25) is 0 Å². The van der Waals surface area contributed by atoms with E-state index in [9.17, 15) is 0 Å². The first-order valence-electron chi connectivity index (χ1n) is 5.18. The number of fused-ring (bicyclic) bond motifs is 1. The Bertz CT molecular complexity index is 519. The number of hydrogen-bond acceptors (Lipinski definition) is 3. The van der Waals surface area contributed by atoms with E-state index in [1.807, 2.05) is 31.2 Å². The van der Waals surface area contributed by atoms with Crippen LogP contribution in [0.15, 0.2) is 48.7 Å². The number of nitrogens with zero attached hydrogens (tertiary/aromatic N) is 1. The van der Waals surface area contributed by atoms with Gasteiger partial charge in [-0.15, -0.1) is 0 Å². The first kappa shape index (κ1) is 10.8. The standard InChI is InChI=1S/C13H15N3/c1-9(2)13(16-14)11-5-6-12-10(8-11)4-3-7-15-12/h3-8,13,16H,1,14H2,2H3. The Kier molecular flexibility index (Phi) is 2.99. The van der Waals surface area contributed by atoms with Crippen molar-refractivity contribution in [2.75, 3.05) is 0 Å². The molecular weight excluding hydrogens is 198 g/mol. The normalized spacial score (nSPS) is 12.6. The molecule has 0 aliphatic rings. The smallest absolute Gasteiger partial charge is 0.0702 e. The first-order valence-corrected chi connectivity index (χ1v) is 5.18. The Morgan fingerprint density at radius 2 is 2.25 bits per heavy atom. The summed E-state index contributed by atoms with van der Waals surface area (Å²) in [5, 5.41) is 1.11.